The molecule has 2 aromatic carbocycles. The number of hydrogen-bond acceptors (Lipinski definition) is 3. The van der Waals surface area contributed by atoms with Crippen LogP contribution in [0.5, 0.6) is 0 Å². The molecule has 0 saturated carbocycles. The molecule has 0 aliphatic carbocycles. The predicted molar refractivity (Wildman–Crippen MR) is 78.1 cm³/mol. The van der Waals surface area contributed by atoms with Crippen molar-refractivity contribution in [3.8, 4) is 0 Å². The maximum absolute atomic E-state index is 13.8. The molecule has 0 amide bonds. The SMILES string of the molecule is CS(=O)(=O)c1ccc(NCCc2ccccc2)c(F)c1. The van der Waals surface area contributed by atoms with Gasteiger partial charge in [0.25, 0.3) is 0 Å². The van der Waals surface area contributed by atoms with E-state index in [1.54, 1.807) is 0 Å². The standard InChI is InChI=1S/C15H16FNO2S/c1-20(18,19)13-7-8-15(14(16)11-13)17-10-9-12-5-3-2-4-6-12/h2-8,11,17H,9-10H2,1H3. The molecular weight excluding hydrogens is 277 g/mol. The maximum atomic E-state index is 13.8. The van der Waals surface area contributed by atoms with Gasteiger partial charge in [-0.15, -0.1) is 0 Å². The van der Waals surface area contributed by atoms with Gasteiger partial charge in [-0.05, 0) is 30.2 Å². The number of anilines is 1. The number of hydrogen-bond donors (Lipinski definition) is 1. The normalized spacial score (nSPS) is 11.3. The van der Waals surface area contributed by atoms with Crippen molar-refractivity contribution in [1.82, 2.24) is 0 Å². The van der Waals surface area contributed by atoms with Gasteiger partial charge in [-0.3, -0.25) is 0 Å². The summed E-state index contributed by atoms with van der Waals surface area (Å²) in [5, 5.41) is 2.97. The zero-order chi connectivity index (χ0) is 14.6. The van der Waals surface area contributed by atoms with Gasteiger partial charge in [-0.25, -0.2) is 12.8 Å². The monoisotopic (exact) mass is 293 g/mol. The van der Waals surface area contributed by atoms with Crippen molar-refractivity contribution in [2.75, 3.05) is 18.1 Å². The Morgan fingerprint density at radius 3 is 2.40 bits per heavy atom. The highest BCUT2D eigenvalue weighted by Crippen LogP contribution is 2.18. The third-order valence-electron chi connectivity index (χ3n) is 2.94. The van der Waals surface area contributed by atoms with E-state index >= 15 is 0 Å². The van der Waals surface area contributed by atoms with Gasteiger partial charge in [0.1, 0.15) is 5.82 Å². The molecule has 0 saturated heterocycles. The van der Waals surface area contributed by atoms with Crippen molar-refractivity contribution in [1.29, 1.82) is 0 Å². The smallest absolute Gasteiger partial charge is 0.175 e. The molecule has 1 N–H and O–H groups in total. The molecule has 0 aliphatic rings. The first-order valence-electron chi connectivity index (χ1n) is 6.24. The summed E-state index contributed by atoms with van der Waals surface area (Å²) in [6, 6.07) is 13.8. The zero-order valence-corrected chi connectivity index (χ0v) is 12.0. The summed E-state index contributed by atoms with van der Waals surface area (Å²) in [6.45, 7) is 0.582. The van der Waals surface area contributed by atoms with Crippen molar-refractivity contribution in [3.63, 3.8) is 0 Å². The highest BCUT2D eigenvalue weighted by atomic mass is 32.2. The van der Waals surface area contributed by atoms with Crippen LogP contribution in [0, 0.1) is 5.82 Å². The number of halogens is 1. The second kappa shape index (κ2) is 6.05. The van der Waals surface area contributed by atoms with E-state index in [1.165, 1.54) is 12.1 Å². The topological polar surface area (TPSA) is 46.2 Å². The maximum Gasteiger partial charge on any atom is 0.175 e. The number of sulfone groups is 1. The Bertz CT molecular complexity index is 684. The van der Waals surface area contributed by atoms with Crippen molar-refractivity contribution in [2.45, 2.75) is 11.3 Å². The van der Waals surface area contributed by atoms with E-state index in [2.05, 4.69) is 5.32 Å². The Kier molecular flexibility index (Phi) is 4.39. The van der Waals surface area contributed by atoms with Gasteiger partial charge in [0, 0.05) is 12.8 Å². The van der Waals surface area contributed by atoms with E-state index in [-0.39, 0.29) is 4.90 Å². The average molecular weight is 293 g/mol. The van der Waals surface area contributed by atoms with Crippen LogP contribution in [-0.4, -0.2) is 21.2 Å². The molecule has 0 bridgehead atoms. The first-order valence-corrected chi connectivity index (χ1v) is 8.13. The lowest BCUT2D eigenvalue weighted by Crippen LogP contribution is -2.07. The number of benzene rings is 2. The summed E-state index contributed by atoms with van der Waals surface area (Å²) in [5.41, 5.74) is 1.47. The van der Waals surface area contributed by atoms with Gasteiger partial charge in [0.15, 0.2) is 9.84 Å². The van der Waals surface area contributed by atoms with Crippen molar-refractivity contribution in [2.24, 2.45) is 0 Å². The van der Waals surface area contributed by atoms with Crippen LogP contribution in [0.15, 0.2) is 53.4 Å². The van der Waals surface area contributed by atoms with Crippen LogP contribution in [0.25, 0.3) is 0 Å². The molecule has 2 aromatic rings. The fourth-order valence-corrected chi connectivity index (χ4v) is 2.49. The molecule has 0 atom stereocenters. The van der Waals surface area contributed by atoms with Crippen LogP contribution >= 0.6 is 0 Å². The van der Waals surface area contributed by atoms with Gasteiger partial charge in [0.05, 0.1) is 10.6 Å². The molecule has 20 heavy (non-hydrogen) atoms. The van der Waals surface area contributed by atoms with Gasteiger partial charge >= 0.3 is 0 Å². The van der Waals surface area contributed by atoms with E-state index in [0.717, 1.165) is 24.3 Å². The van der Waals surface area contributed by atoms with Crippen molar-refractivity contribution in [3.05, 3.63) is 59.9 Å². The second-order valence-electron chi connectivity index (χ2n) is 4.58. The highest BCUT2D eigenvalue weighted by molar-refractivity contribution is 7.90. The molecular formula is C15H16FNO2S. The van der Waals surface area contributed by atoms with Gasteiger partial charge < -0.3 is 5.32 Å². The van der Waals surface area contributed by atoms with Crippen molar-refractivity contribution < 1.29 is 12.8 Å². The summed E-state index contributed by atoms with van der Waals surface area (Å²) in [4.78, 5) is -0.0105. The number of rotatable bonds is 5. The predicted octanol–water partition coefficient (Wildman–Crippen LogP) is 2.88. The fraction of sp³-hybridized carbons (Fsp3) is 0.200. The molecule has 0 aliphatic heterocycles. The van der Waals surface area contributed by atoms with Crippen LogP contribution in [0.4, 0.5) is 10.1 Å². The lowest BCUT2D eigenvalue weighted by molar-refractivity contribution is 0.596. The Labute approximate surface area is 118 Å². The Balaban J connectivity index is 2.00. The molecule has 2 rings (SSSR count). The Hall–Kier alpha value is -1.88. The molecule has 0 aromatic heterocycles. The van der Waals surface area contributed by atoms with Gasteiger partial charge in [-0.1, -0.05) is 30.3 Å². The quantitative estimate of drug-likeness (QED) is 0.922. The van der Waals surface area contributed by atoms with Crippen LogP contribution in [0.3, 0.4) is 0 Å². The summed E-state index contributed by atoms with van der Waals surface area (Å²) < 4.78 is 36.4. The first kappa shape index (κ1) is 14.5. The number of nitrogens with one attached hydrogen (secondary N) is 1. The molecule has 0 radical (unpaired) electrons. The minimum atomic E-state index is -3.37. The van der Waals surface area contributed by atoms with Crippen molar-refractivity contribution >= 4 is 15.5 Å². The molecule has 0 spiro atoms. The van der Waals surface area contributed by atoms with E-state index in [9.17, 15) is 12.8 Å². The minimum Gasteiger partial charge on any atom is -0.382 e. The first-order chi connectivity index (χ1) is 9.47. The molecule has 5 heteroatoms. The van der Waals surface area contributed by atoms with Crippen LogP contribution < -0.4 is 5.32 Å². The summed E-state index contributed by atoms with van der Waals surface area (Å²) in [6.07, 6.45) is 1.83. The Morgan fingerprint density at radius 1 is 1.10 bits per heavy atom. The van der Waals surface area contributed by atoms with E-state index in [4.69, 9.17) is 0 Å². The molecule has 0 unspecified atom stereocenters. The third-order valence-corrected chi connectivity index (χ3v) is 4.05. The fourth-order valence-electron chi connectivity index (χ4n) is 1.86. The molecule has 0 fully saturated rings. The van der Waals surface area contributed by atoms with E-state index in [1.807, 2.05) is 30.3 Å². The summed E-state index contributed by atoms with van der Waals surface area (Å²) >= 11 is 0. The van der Waals surface area contributed by atoms with Gasteiger partial charge in [-0.2, -0.15) is 0 Å². The van der Waals surface area contributed by atoms with E-state index < -0.39 is 15.7 Å². The largest absolute Gasteiger partial charge is 0.382 e. The molecule has 106 valence electrons. The summed E-state index contributed by atoms with van der Waals surface area (Å²) in [7, 11) is -3.37. The van der Waals surface area contributed by atoms with Crippen LogP contribution in [0.2, 0.25) is 0 Å². The van der Waals surface area contributed by atoms with Crippen LogP contribution in [0.1, 0.15) is 5.56 Å². The van der Waals surface area contributed by atoms with E-state index in [0.29, 0.717) is 12.2 Å². The van der Waals surface area contributed by atoms with Gasteiger partial charge in [0.2, 0.25) is 0 Å². The van der Waals surface area contributed by atoms with Crippen LogP contribution in [-0.2, 0) is 16.3 Å². The minimum absolute atomic E-state index is 0.0105. The lowest BCUT2D eigenvalue weighted by Gasteiger charge is -2.08. The third kappa shape index (κ3) is 3.81. The average Bonchev–Trinajstić information content (AvgIpc) is 2.40. The molecule has 0 heterocycles. The summed E-state index contributed by atoms with van der Waals surface area (Å²) in [5.74, 6) is -0.555. The lowest BCUT2D eigenvalue weighted by atomic mass is 10.1. The highest BCUT2D eigenvalue weighted by Gasteiger charge is 2.10. The zero-order valence-electron chi connectivity index (χ0n) is 11.1. The Morgan fingerprint density at radius 2 is 1.80 bits per heavy atom. The molecule has 3 nitrogen and oxygen atoms in total. The second-order valence-corrected chi connectivity index (χ2v) is 6.59.